The number of halogens is 1. The molecule has 5 rings (SSSR count). The number of amides is 2. The van der Waals surface area contributed by atoms with Crippen LogP contribution in [0.1, 0.15) is 53.9 Å². The molecular formula is C26H29FN2O3. The number of rotatable bonds is 5. The molecule has 2 saturated heterocycles. The second-order valence-corrected chi connectivity index (χ2v) is 9.20. The van der Waals surface area contributed by atoms with Crippen molar-refractivity contribution in [3.8, 4) is 5.75 Å². The molecule has 1 atom stereocenters. The summed E-state index contributed by atoms with van der Waals surface area (Å²) in [4.78, 5) is 28.9. The minimum Gasteiger partial charge on any atom is -0.490 e. The minimum atomic E-state index is -0.198. The summed E-state index contributed by atoms with van der Waals surface area (Å²) in [5, 5.41) is 0. The number of hydrogen-bond acceptors (Lipinski definition) is 3. The van der Waals surface area contributed by atoms with E-state index in [4.69, 9.17) is 4.74 Å². The fourth-order valence-corrected chi connectivity index (χ4v) is 4.84. The standard InChI is InChI=1S/C26H29FN2O3/c27-24-4-2-1-3-23(24)20-11-14-29(17-20)26(31)19-7-9-21(10-8-19)32-22-12-15-28(16-13-22)25(30)18-5-6-18/h1-4,7-10,18,20,22H,5-6,11-17H2/t20-/m1/s1. The van der Waals surface area contributed by atoms with Gasteiger partial charge in [0.1, 0.15) is 17.7 Å². The van der Waals surface area contributed by atoms with E-state index in [2.05, 4.69) is 0 Å². The van der Waals surface area contributed by atoms with Crippen molar-refractivity contribution in [1.29, 1.82) is 0 Å². The average Bonchev–Trinajstić information content (AvgIpc) is 3.56. The summed E-state index contributed by atoms with van der Waals surface area (Å²) in [6.45, 7) is 2.69. The summed E-state index contributed by atoms with van der Waals surface area (Å²) in [5.74, 6) is 1.15. The quantitative estimate of drug-likeness (QED) is 0.705. The first kappa shape index (κ1) is 21.0. The maximum atomic E-state index is 14.1. The predicted molar refractivity (Wildman–Crippen MR) is 119 cm³/mol. The number of carbonyl (C=O) groups is 2. The van der Waals surface area contributed by atoms with Gasteiger partial charge in [-0.05, 0) is 55.2 Å². The van der Waals surface area contributed by atoms with E-state index in [1.54, 1.807) is 23.1 Å². The Balaban J connectivity index is 1.13. The first-order valence-corrected chi connectivity index (χ1v) is 11.7. The molecule has 2 aliphatic heterocycles. The number of likely N-dealkylation sites (tertiary alicyclic amines) is 2. The second kappa shape index (κ2) is 8.93. The van der Waals surface area contributed by atoms with Crippen LogP contribution in [0.15, 0.2) is 48.5 Å². The molecule has 3 fully saturated rings. The summed E-state index contributed by atoms with van der Waals surface area (Å²) in [7, 11) is 0. The zero-order valence-corrected chi connectivity index (χ0v) is 18.2. The van der Waals surface area contributed by atoms with Gasteiger partial charge in [-0.3, -0.25) is 9.59 Å². The summed E-state index contributed by atoms with van der Waals surface area (Å²) in [6.07, 6.45) is 4.63. The molecule has 0 spiro atoms. The lowest BCUT2D eigenvalue weighted by molar-refractivity contribution is -0.134. The second-order valence-electron chi connectivity index (χ2n) is 9.20. The Morgan fingerprint density at radius 1 is 0.844 bits per heavy atom. The maximum absolute atomic E-state index is 14.1. The van der Waals surface area contributed by atoms with Crippen LogP contribution < -0.4 is 4.74 Å². The van der Waals surface area contributed by atoms with Crippen molar-refractivity contribution in [1.82, 2.24) is 9.80 Å². The number of nitrogens with zero attached hydrogens (tertiary/aromatic N) is 2. The molecule has 0 aromatic heterocycles. The lowest BCUT2D eigenvalue weighted by Crippen LogP contribution is -2.42. The van der Waals surface area contributed by atoms with Crippen molar-refractivity contribution in [2.75, 3.05) is 26.2 Å². The molecule has 0 bridgehead atoms. The minimum absolute atomic E-state index is 0.0257. The highest BCUT2D eigenvalue weighted by atomic mass is 19.1. The Kier molecular flexibility index (Phi) is 5.85. The molecular weight excluding hydrogens is 407 g/mol. The maximum Gasteiger partial charge on any atom is 0.253 e. The van der Waals surface area contributed by atoms with Gasteiger partial charge in [-0.25, -0.2) is 4.39 Å². The lowest BCUT2D eigenvalue weighted by atomic mass is 9.98. The van der Waals surface area contributed by atoms with Gasteiger partial charge in [-0.1, -0.05) is 18.2 Å². The Morgan fingerprint density at radius 3 is 2.22 bits per heavy atom. The van der Waals surface area contributed by atoms with Gasteiger partial charge in [-0.2, -0.15) is 0 Å². The highest BCUT2D eigenvalue weighted by molar-refractivity contribution is 5.94. The van der Waals surface area contributed by atoms with Crippen LogP contribution in [0.3, 0.4) is 0 Å². The van der Waals surface area contributed by atoms with Crippen LogP contribution in [0.25, 0.3) is 0 Å². The first-order chi connectivity index (χ1) is 15.6. The van der Waals surface area contributed by atoms with Gasteiger partial charge in [0.2, 0.25) is 5.91 Å². The largest absolute Gasteiger partial charge is 0.490 e. The van der Waals surface area contributed by atoms with Crippen molar-refractivity contribution < 1.29 is 18.7 Å². The molecule has 0 radical (unpaired) electrons. The molecule has 1 aliphatic carbocycles. The van der Waals surface area contributed by atoms with E-state index in [1.807, 2.05) is 29.2 Å². The number of ether oxygens (including phenoxy) is 1. The van der Waals surface area contributed by atoms with Crippen LogP contribution in [0.5, 0.6) is 5.75 Å². The first-order valence-electron chi connectivity index (χ1n) is 11.7. The van der Waals surface area contributed by atoms with Crippen molar-refractivity contribution in [2.24, 2.45) is 5.92 Å². The normalized spacial score (nSPS) is 21.6. The molecule has 5 nitrogen and oxygen atoms in total. The van der Waals surface area contributed by atoms with Gasteiger partial charge in [-0.15, -0.1) is 0 Å². The summed E-state index contributed by atoms with van der Waals surface area (Å²) in [6, 6.07) is 14.1. The van der Waals surface area contributed by atoms with Gasteiger partial charge in [0, 0.05) is 56.4 Å². The predicted octanol–water partition coefficient (Wildman–Crippen LogP) is 4.24. The third-order valence-electron chi connectivity index (χ3n) is 6.90. The monoisotopic (exact) mass is 436 g/mol. The topological polar surface area (TPSA) is 49.9 Å². The zero-order chi connectivity index (χ0) is 22.1. The highest BCUT2D eigenvalue weighted by Gasteiger charge is 2.35. The van der Waals surface area contributed by atoms with Crippen LogP contribution in [-0.2, 0) is 4.79 Å². The molecule has 2 heterocycles. The summed E-state index contributed by atoms with van der Waals surface area (Å²) >= 11 is 0. The van der Waals surface area contributed by atoms with E-state index in [0.717, 1.165) is 50.9 Å². The van der Waals surface area contributed by atoms with Crippen LogP contribution in [-0.4, -0.2) is 53.9 Å². The molecule has 2 amide bonds. The highest BCUT2D eigenvalue weighted by Crippen LogP contribution is 2.33. The van der Waals surface area contributed by atoms with Crippen LogP contribution in [0.2, 0.25) is 0 Å². The Bertz CT molecular complexity index is 981. The summed E-state index contributed by atoms with van der Waals surface area (Å²) < 4.78 is 20.2. The average molecular weight is 437 g/mol. The smallest absolute Gasteiger partial charge is 0.253 e. The SMILES string of the molecule is O=C(c1ccc(OC2CCN(C(=O)C3CC3)CC2)cc1)N1CC[C@@H](c2ccccc2F)C1. The molecule has 2 aromatic carbocycles. The number of benzene rings is 2. The van der Waals surface area contributed by atoms with Gasteiger partial charge in [0.05, 0.1) is 0 Å². The third kappa shape index (κ3) is 4.50. The van der Waals surface area contributed by atoms with Crippen molar-refractivity contribution in [3.05, 3.63) is 65.5 Å². The fraction of sp³-hybridized carbons (Fsp3) is 0.462. The van der Waals surface area contributed by atoms with Gasteiger partial charge in [0.15, 0.2) is 0 Å². The van der Waals surface area contributed by atoms with E-state index in [-0.39, 0.29) is 29.7 Å². The molecule has 0 unspecified atom stereocenters. The summed E-state index contributed by atoms with van der Waals surface area (Å²) in [5.41, 5.74) is 1.31. The molecule has 32 heavy (non-hydrogen) atoms. The van der Waals surface area contributed by atoms with Crippen molar-refractivity contribution in [3.63, 3.8) is 0 Å². The Hall–Kier alpha value is -2.89. The molecule has 168 valence electrons. The Labute approximate surface area is 188 Å². The van der Waals surface area contributed by atoms with Gasteiger partial charge >= 0.3 is 0 Å². The van der Waals surface area contributed by atoms with Crippen molar-refractivity contribution in [2.45, 2.75) is 44.1 Å². The molecule has 3 aliphatic rings. The van der Waals surface area contributed by atoms with Crippen LogP contribution in [0.4, 0.5) is 4.39 Å². The molecule has 1 saturated carbocycles. The van der Waals surface area contributed by atoms with Gasteiger partial charge in [0.25, 0.3) is 5.91 Å². The van der Waals surface area contributed by atoms with Gasteiger partial charge < -0.3 is 14.5 Å². The molecule has 2 aromatic rings. The van der Waals surface area contributed by atoms with E-state index in [0.29, 0.717) is 30.1 Å². The lowest BCUT2D eigenvalue weighted by Gasteiger charge is -2.32. The van der Waals surface area contributed by atoms with E-state index in [9.17, 15) is 14.0 Å². The van der Waals surface area contributed by atoms with Crippen LogP contribution >= 0.6 is 0 Å². The number of piperidine rings is 1. The Morgan fingerprint density at radius 2 is 1.53 bits per heavy atom. The fourth-order valence-electron chi connectivity index (χ4n) is 4.84. The molecule has 0 N–H and O–H groups in total. The third-order valence-corrected chi connectivity index (χ3v) is 6.90. The molecule has 6 heteroatoms. The van der Waals surface area contributed by atoms with E-state index in [1.165, 1.54) is 6.07 Å². The number of hydrogen-bond donors (Lipinski definition) is 0. The number of carbonyl (C=O) groups excluding carboxylic acids is 2. The van der Waals surface area contributed by atoms with E-state index >= 15 is 0 Å². The zero-order valence-electron chi connectivity index (χ0n) is 18.2. The van der Waals surface area contributed by atoms with Crippen LogP contribution in [0, 0.1) is 11.7 Å². The van der Waals surface area contributed by atoms with Crippen molar-refractivity contribution >= 4 is 11.8 Å². The van der Waals surface area contributed by atoms with E-state index < -0.39 is 0 Å².